The number of carbonyl (C=O) groups excluding carboxylic acids is 1. The quantitative estimate of drug-likeness (QED) is 0.593. The molecule has 0 aliphatic rings. The first-order chi connectivity index (χ1) is 10.2. The molecule has 0 radical (unpaired) electrons. The van der Waals surface area contributed by atoms with Gasteiger partial charge in [-0.2, -0.15) is 0 Å². The lowest BCUT2D eigenvalue weighted by atomic mass is 10.1. The van der Waals surface area contributed by atoms with Crippen molar-refractivity contribution in [3.8, 4) is 11.6 Å². The molecule has 0 aliphatic heterocycles. The van der Waals surface area contributed by atoms with E-state index in [9.17, 15) is 26.7 Å². The molecular formula is C12H12F5NO4. The second-order valence-electron chi connectivity index (χ2n) is 3.87. The maximum absolute atomic E-state index is 13.1. The maximum atomic E-state index is 13.1. The standard InChI is InChI=1S/C12H12F5NO4/c1-3-21-7(19)4-6-5-18-11(20-2)9(8(6)10(13)14)22-12(15,16)17/h5,10H,3-4H2,1-2H3. The highest BCUT2D eigenvalue weighted by Gasteiger charge is 2.37. The van der Waals surface area contributed by atoms with Crippen LogP contribution in [0.25, 0.3) is 0 Å². The van der Waals surface area contributed by atoms with Gasteiger partial charge in [0.05, 0.1) is 25.7 Å². The zero-order chi connectivity index (χ0) is 16.9. The number of methoxy groups -OCH3 is 1. The van der Waals surface area contributed by atoms with E-state index in [1.807, 2.05) is 0 Å². The van der Waals surface area contributed by atoms with Gasteiger partial charge >= 0.3 is 12.3 Å². The van der Waals surface area contributed by atoms with E-state index < -0.39 is 47.9 Å². The van der Waals surface area contributed by atoms with Crippen molar-refractivity contribution in [2.45, 2.75) is 26.1 Å². The number of pyridine rings is 1. The Bertz CT molecular complexity index is 533. The van der Waals surface area contributed by atoms with Crippen molar-refractivity contribution >= 4 is 5.97 Å². The summed E-state index contributed by atoms with van der Waals surface area (Å²) in [6.07, 6.45) is -8.40. The second kappa shape index (κ2) is 7.23. The molecule has 1 heterocycles. The molecule has 0 aromatic carbocycles. The van der Waals surface area contributed by atoms with Gasteiger partial charge in [0.15, 0.2) is 0 Å². The fourth-order valence-electron chi connectivity index (χ4n) is 1.63. The Morgan fingerprint density at radius 3 is 2.45 bits per heavy atom. The first kappa shape index (κ1) is 17.9. The Hall–Kier alpha value is -2.13. The van der Waals surface area contributed by atoms with Crippen LogP contribution in [-0.2, 0) is 16.0 Å². The summed E-state index contributed by atoms with van der Waals surface area (Å²) in [6.45, 7) is 1.49. The monoisotopic (exact) mass is 329 g/mol. The fourth-order valence-corrected chi connectivity index (χ4v) is 1.63. The lowest BCUT2D eigenvalue weighted by molar-refractivity contribution is -0.275. The highest BCUT2D eigenvalue weighted by molar-refractivity contribution is 5.73. The summed E-state index contributed by atoms with van der Waals surface area (Å²) in [6, 6.07) is 0. The van der Waals surface area contributed by atoms with Crippen LogP contribution in [0.3, 0.4) is 0 Å². The number of ether oxygens (including phenoxy) is 3. The SMILES string of the molecule is CCOC(=O)Cc1cnc(OC)c(OC(F)(F)F)c1C(F)F. The number of hydrogen-bond acceptors (Lipinski definition) is 5. The van der Waals surface area contributed by atoms with Crippen LogP contribution >= 0.6 is 0 Å². The number of rotatable bonds is 6. The Balaban J connectivity index is 3.34. The van der Waals surface area contributed by atoms with Crippen LogP contribution in [-0.4, -0.2) is 31.0 Å². The van der Waals surface area contributed by atoms with E-state index in [-0.39, 0.29) is 6.61 Å². The third-order valence-corrected chi connectivity index (χ3v) is 2.39. The zero-order valence-electron chi connectivity index (χ0n) is 11.5. The van der Waals surface area contributed by atoms with E-state index in [1.165, 1.54) is 6.92 Å². The number of hydrogen-bond donors (Lipinski definition) is 0. The number of carbonyl (C=O) groups is 1. The number of halogens is 5. The molecule has 0 spiro atoms. The average molecular weight is 329 g/mol. The van der Waals surface area contributed by atoms with Crippen LogP contribution in [0.1, 0.15) is 24.5 Å². The zero-order valence-corrected chi connectivity index (χ0v) is 11.5. The molecule has 0 amide bonds. The number of aromatic nitrogens is 1. The van der Waals surface area contributed by atoms with E-state index in [0.29, 0.717) is 0 Å². The van der Waals surface area contributed by atoms with Gasteiger partial charge in [-0.15, -0.1) is 13.2 Å². The van der Waals surface area contributed by atoms with Crippen molar-refractivity contribution in [2.75, 3.05) is 13.7 Å². The molecule has 0 atom stereocenters. The number of esters is 1. The summed E-state index contributed by atoms with van der Waals surface area (Å²) in [7, 11) is 0.950. The van der Waals surface area contributed by atoms with Crippen molar-refractivity contribution in [2.24, 2.45) is 0 Å². The fraction of sp³-hybridized carbons (Fsp3) is 0.500. The van der Waals surface area contributed by atoms with Crippen molar-refractivity contribution in [3.63, 3.8) is 0 Å². The van der Waals surface area contributed by atoms with Crippen LogP contribution in [0.5, 0.6) is 11.6 Å². The first-order valence-electron chi connectivity index (χ1n) is 5.94. The second-order valence-corrected chi connectivity index (χ2v) is 3.87. The highest BCUT2D eigenvalue weighted by Crippen LogP contribution is 2.41. The Morgan fingerprint density at radius 2 is 2.00 bits per heavy atom. The summed E-state index contributed by atoms with van der Waals surface area (Å²) in [5.41, 5.74) is -1.55. The molecule has 0 bridgehead atoms. The highest BCUT2D eigenvalue weighted by atomic mass is 19.4. The summed E-state index contributed by atoms with van der Waals surface area (Å²) in [5, 5.41) is 0. The van der Waals surface area contributed by atoms with Crippen molar-refractivity contribution in [1.82, 2.24) is 4.98 Å². The van der Waals surface area contributed by atoms with Gasteiger partial charge in [-0.05, 0) is 12.5 Å². The first-order valence-corrected chi connectivity index (χ1v) is 5.94. The summed E-state index contributed by atoms with van der Waals surface area (Å²) in [5.74, 6) is -2.92. The lowest BCUT2D eigenvalue weighted by Gasteiger charge is -2.17. The smallest absolute Gasteiger partial charge is 0.478 e. The molecule has 0 unspecified atom stereocenters. The lowest BCUT2D eigenvalue weighted by Crippen LogP contribution is -2.20. The van der Waals surface area contributed by atoms with Crippen LogP contribution in [0.15, 0.2) is 6.20 Å². The third kappa shape index (κ3) is 4.71. The molecule has 1 rings (SSSR count). The third-order valence-electron chi connectivity index (χ3n) is 2.39. The largest absolute Gasteiger partial charge is 0.573 e. The molecule has 22 heavy (non-hydrogen) atoms. The van der Waals surface area contributed by atoms with Gasteiger partial charge in [-0.25, -0.2) is 13.8 Å². The van der Waals surface area contributed by atoms with Gasteiger partial charge in [-0.1, -0.05) is 0 Å². The van der Waals surface area contributed by atoms with Crippen LogP contribution < -0.4 is 9.47 Å². The minimum Gasteiger partial charge on any atom is -0.478 e. The van der Waals surface area contributed by atoms with Crippen molar-refractivity contribution < 1.29 is 41.0 Å². The van der Waals surface area contributed by atoms with Crippen LogP contribution in [0.2, 0.25) is 0 Å². The van der Waals surface area contributed by atoms with E-state index in [2.05, 4.69) is 19.2 Å². The average Bonchev–Trinajstić information content (AvgIpc) is 2.37. The van der Waals surface area contributed by atoms with Gasteiger partial charge < -0.3 is 14.2 Å². The molecular weight excluding hydrogens is 317 g/mol. The minimum absolute atomic E-state index is 0.00165. The summed E-state index contributed by atoms with van der Waals surface area (Å²) < 4.78 is 76.0. The Labute approximate surface area is 122 Å². The summed E-state index contributed by atoms with van der Waals surface area (Å²) in [4.78, 5) is 14.8. The predicted octanol–water partition coefficient (Wildman–Crippen LogP) is 3.03. The molecule has 0 N–H and O–H groups in total. The van der Waals surface area contributed by atoms with E-state index in [0.717, 1.165) is 13.3 Å². The van der Waals surface area contributed by atoms with E-state index in [4.69, 9.17) is 0 Å². The van der Waals surface area contributed by atoms with Gasteiger partial charge in [0.2, 0.25) is 5.75 Å². The van der Waals surface area contributed by atoms with E-state index in [1.54, 1.807) is 0 Å². The van der Waals surface area contributed by atoms with Gasteiger partial charge in [0, 0.05) is 6.20 Å². The van der Waals surface area contributed by atoms with Gasteiger partial charge in [0.1, 0.15) is 0 Å². The van der Waals surface area contributed by atoms with Crippen molar-refractivity contribution in [3.05, 3.63) is 17.3 Å². The Kier molecular flexibility index (Phi) is 5.89. The molecule has 5 nitrogen and oxygen atoms in total. The molecule has 0 saturated carbocycles. The predicted molar refractivity (Wildman–Crippen MR) is 62.8 cm³/mol. The van der Waals surface area contributed by atoms with Crippen LogP contribution in [0, 0.1) is 0 Å². The molecule has 1 aromatic rings. The minimum atomic E-state index is -5.22. The summed E-state index contributed by atoms with van der Waals surface area (Å²) >= 11 is 0. The molecule has 0 saturated heterocycles. The normalized spacial score (nSPS) is 11.5. The molecule has 124 valence electrons. The van der Waals surface area contributed by atoms with Crippen molar-refractivity contribution in [1.29, 1.82) is 0 Å². The van der Waals surface area contributed by atoms with Gasteiger partial charge in [-0.3, -0.25) is 4.79 Å². The number of nitrogens with zero attached hydrogens (tertiary/aromatic N) is 1. The molecule has 10 heteroatoms. The van der Waals surface area contributed by atoms with Crippen LogP contribution in [0.4, 0.5) is 22.0 Å². The maximum Gasteiger partial charge on any atom is 0.573 e. The molecule has 0 aliphatic carbocycles. The Morgan fingerprint density at radius 1 is 1.36 bits per heavy atom. The van der Waals surface area contributed by atoms with E-state index >= 15 is 0 Å². The number of alkyl halides is 5. The topological polar surface area (TPSA) is 57.7 Å². The molecule has 1 aromatic heterocycles. The van der Waals surface area contributed by atoms with Gasteiger partial charge in [0.25, 0.3) is 12.3 Å². The molecule has 0 fully saturated rings.